The van der Waals surface area contributed by atoms with E-state index in [9.17, 15) is 9.59 Å². The summed E-state index contributed by atoms with van der Waals surface area (Å²) in [5.41, 5.74) is 1.38. The molecule has 3 rings (SSSR count). The number of ether oxygens (including phenoxy) is 1. The van der Waals surface area contributed by atoms with Gasteiger partial charge < -0.3 is 9.64 Å². The maximum absolute atomic E-state index is 12.8. The number of esters is 1. The standard InChI is InChI=1S/C19H18N6O3/c1-13-9-11-21-19-22-16(23-25(13)19)18(27)28-14(2)17(26)24(12-6-10-20)15-7-4-3-5-8-15/h3-5,7-9,11,14H,6,12H2,1-2H3. The zero-order chi connectivity index (χ0) is 20.1. The van der Waals surface area contributed by atoms with Crippen LogP contribution in [0.25, 0.3) is 5.78 Å². The third-order valence-corrected chi connectivity index (χ3v) is 4.03. The summed E-state index contributed by atoms with van der Waals surface area (Å²) in [5.74, 6) is -1.16. The highest BCUT2D eigenvalue weighted by Gasteiger charge is 2.27. The van der Waals surface area contributed by atoms with Gasteiger partial charge in [-0.15, -0.1) is 5.10 Å². The van der Waals surface area contributed by atoms with Crippen molar-refractivity contribution < 1.29 is 14.3 Å². The van der Waals surface area contributed by atoms with Gasteiger partial charge in [0.05, 0.1) is 12.5 Å². The average Bonchev–Trinajstić information content (AvgIpc) is 3.15. The van der Waals surface area contributed by atoms with Crippen LogP contribution in [0, 0.1) is 18.3 Å². The number of aryl methyl sites for hydroxylation is 1. The van der Waals surface area contributed by atoms with Gasteiger partial charge in [0.15, 0.2) is 6.10 Å². The van der Waals surface area contributed by atoms with Crippen LogP contribution in [0.5, 0.6) is 0 Å². The first kappa shape index (κ1) is 19.0. The van der Waals surface area contributed by atoms with E-state index in [2.05, 4.69) is 15.1 Å². The van der Waals surface area contributed by atoms with Crippen LogP contribution in [-0.4, -0.2) is 44.1 Å². The maximum Gasteiger partial charge on any atom is 0.379 e. The van der Waals surface area contributed by atoms with E-state index in [-0.39, 0.29) is 24.6 Å². The Morgan fingerprint density at radius 1 is 1.29 bits per heavy atom. The number of hydrogen-bond acceptors (Lipinski definition) is 7. The summed E-state index contributed by atoms with van der Waals surface area (Å²) in [4.78, 5) is 34.7. The number of anilines is 1. The van der Waals surface area contributed by atoms with E-state index >= 15 is 0 Å². The summed E-state index contributed by atoms with van der Waals surface area (Å²) < 4.78 is 6.69. The van der Waals surface area contributed by atoms with Crippen LogP contribution in [0.4, 0.5) is 5.69 Å². The first-order valence-corrected chi connectivity index (χ1v) is 8.64. The number of carbonyl (C=O) groups excluding carboxylic acids is 2. The van der Waals surface area contributed by atoms with Crippen LogP contribution in [-0.2, 0) is 9.53 Å². The Labute approximate surface area is 161 Å². The molecular formula is C19H18N6O3. The number of benzene rings is 1. The van der Waals surface area contributed by atoms with Crippen molar-refractivity contribution in [3.63, 3.8) is 0 Å². The molecular weight excluding hydrogens is 360 g/mol. The summed E-state index contributed by atoms with van der Waals surface area (Å²) >= 11 is 0. The quantitative estimate of drug-likeness (QED) is 0.602. The van der Waals surface area contributed by atoms with E-state index in [0.29, 0.717) is 5.69 Å². The van der Waals surface area contributed by atoms with Gasteiger partial charge >= 0.3 is 5.97 Å². The van der Waals surface area contributed by atoms with Gasteiger partial charge in [-0.05, 0) is 32.0 Å². The Hall–Kier alpha value is -3.80. The highest BCUT2D eigenvalue weighted by atomic mass is 16.5. The molecule has 0 aliphatic rings. The molecule has 142 valence electrons. The summed E-state index contributed by atoms with van der Waals surface area (Å²) in [5, 5.41) is 12.9. The molecule has 2 heterocycles. The van der Waals surface area contributed by atoms with E-state index in [1.165, 1.54) is 16.3 Å². The third kappa shape index (κ3) is 3.96. The first-order valence-electron chi connectivity index (χ1n) is 8.64. The second kappa shape index (κ2) is 8.26. The fourth-order valence-corrected chi connectivity index (χ4v) is 2.61. The lowest BCUT2D eigenvalue weighted by Gasteiger charge is -2.24. The summed E-state index contributed by atoms with van der Waals surface area (Å²) in [6.07, 6.45) is 0.639. The fraction of sp³-hybridized carbons (Fsp3) is 0.263. The number of rotatable bonds is 6. The second-order valence-electron chi connectivity index (χ2n) is 6.01. The number of fused-ring (bicyclic) bond motifs is 1. The normalized spacial score (nSPS) is 11.6. The Balaban J connectivity index is 1.76. The van der Waals surface area contributed by atoms with Crippen molar-refractivity contribution in [1.29, 1.82) is 5.26 Å². The van der Waals surface area contributed by atoms with E-state index in [4.69, 9.17) is 10.00 Å². The van der Waals surface area contributed by atoms with Gasteiger partial charge in [-0.3, -0.25) is 4.79 Å². The third-order valence-electron chi connectivity index (χ3n) is 4.03. The van der Waals surface area contributed by atoms with E-state index < -0.39 is 18.0 Å². The second-order valence-corrected chi connectivity index (χ2v) is 6.01. The monoisotopic (exact) mass is 378 g/mol. The number of para-hydroxylation sites is 1. The summed E-state index contributed by atoms with van der Waals surface area (Å²) in [6, 6.07) is 12.7. The molecule has 0 aliphatic heterocycles. The lowest BCUT2D eigenvalue weighted by atomic mass is 10.2. The van der Waals surface area contributed by atoms with Crippen molar-refractivity contribution in [3.05, 3.63) is 54.1 Å². The highest BCUT2D eigenvalue weighted by molar-refractivity contribution is 5.98. The van der Waals surface area contributed by atoms with E-state index in [0.717, 1.165) is 5.69 Å². The fourth-order valence-electron chi connectivity index (χ4n) is 2.61. The van der Waals surface area contributed by atoms with Crippen LogP contribution < -0.4 is 4.90 Å². The largest absolute Gasteiger partial charge is 0.447 e. The minimum Gasteiger partial charge on any atom is -0.447 e. The number of nitriles is 1. The van der Waals surface area contributed by atoms with Crippen molar-refractivity contribution >= 4 is 23.3 Å². The van der Waals surface area contributed by atoms with Gasteiger partial charge in [0, 0.05) is 24.1 Å². The molecule has 1 aromatic carbocycles. The SMILES string of the molecule is Cc1ccnc2nc(C(=O)OC(C)C(=O)N(CCC#N)c3ccccc3)nn12. The zero-order valence-electron chi connectivity index (χ0n) is 15.4. The molecule has 28 heavy (non-hydrogen) atoms. The molecule has 0 aliphatic carbocycles. The van der Waals surface area contributed by atoms with Crippen LogP contribution in [0.1, 0.15) is 29.7 Å². The van der Waals surface area contributed by atoms with Gasteiger partial charge in [0.1, 0.15) is 0 Å². The molecule has 0 bridgehead atoms. The van der Waals surface area contributed by atoms with E-state index in [1.807, 2.05) is 12.1 Å². The minimum absolute atomic E-state index is 0.153. The molecule has 1 atom stereocenters. The van der Waals surface area contributed by atoms with E-state index in [1.54, 1.807) is 43.5 Å². The number of carbonyl (C=O) groups is 2. The van der Waals surface area contributed by atoms with Crippen LogP contribution in [0.3, 0.4) is 0 Å². The zero-order valence-corrected chi connectivity index (χ0v) is 15.4. The number of amides is 1. The predicted octanol–water partition coefficient (Wildman–Crippen LogP) is 1.92. The van der Waals surface area contributed by atoms with Crippen LogP contribution in [0.15, 0.2) is 42.6 Å². The lowest BCUT2D eigenvalue weighted by Crippen LogP contribution is -2.40. The molecule has 0 N–H and O–H groups in total. The van der Waals surface area contributed by atoms with Gasteiger partial charge in [0.25, 0.3) is 17.5 Å². The first-order chi connectivity index (χ1) is 13.5. The molecule has 0 radical (unpaired) electrons. The van der Waals surface area contributed by atoms with Gasteiger partial charge in [-0.2, -0.15) is 10.2 Å². The minimum atomic E-state index is -1.08. The molecule has 9 nitrogen and oxygen atoms in total. The smallest absolute Gasteiger partial charge is 0.379 e. The molecule has 0 saturated heterocycles. The maximum atomic E-state index is 12.8. The Bertz CT molecular complexity index is 1040. The number of hydrogen-bond donors (Lipinski definition) is 0. The molecule has 0 saturated carbocycles. The molecule has 0 spiro atoms. The average molecular weight is 378 g/mol. The highest BCUT2D eigenvalue weighted by Crippen LogP contribution is 2.16. The van der Waals surface area contributed by atoms with Crippen molar-refractivity contribution in [2.45, 2.75) is 26.4 Å². The molecule has 2 aromatic heterocycles. The Kier molecular flexibility index (Phi) is 5.60. The van der Waals surface area contributed by atoms with Gasteiger partial charge in [-0.1, -0.05) is 18.2 Å². The van der Waals surface area contributed by atoms with Crippen molar-refractivity contribution in [2.24, 2.45) is 0 Å². The molecule has 9 heteroatoms. The number of aromatic nitrogens is 4. The Morgan fingerprint density at radius 3 is 2.71 bits per heavy atom. The van der Waals surface area contributed by atoms with Gasteiger partial charge in [-0.25, -0.2) is 14.3 Å². The summed E-state index contributed by atoms with van der Waals surface area (Å²) in [6.45, 7) is 3.47. The topological polar surface area (TPSA) is 113 Å². The van der Waals surface area contributed by atoms with Crippen molar-refractivity contribution in [2.75, 3.05) is 11.4 Å². The van der Waals surface area contributed by atoms with Crippen LogP contribution in [0.2, 0.25) is 0 Å². The lowest BCUT2D eigenvalue weighted by molar-refractivity contribution is -0.126. The Morgan fingerprint density at radius 2 is 2.04 bits per heavy atom. The summed E-state index contributed by atoms with van der Waals surface area (Å²) in [7, 11) is 0. The predicted molar refractivity (Wildman–Crippen MR) is 99.4 cm³/mol. The number of nitrogens with zero attached hydrogens (tertiary/aromatic N) is 6. The van der Waals surface area contributed by atoms with Crippen LogP contribution >= 0.6 is 0 Å². The molecule has 1 amide bonds. The molecule has 0 fully saturated rings. The van der Waals surface area contributed by atoms with Crippen molar-refractivity contribution in [3.8, 4) is 6.07 Å². The molecule has 1 unspecified atom stereocenters. The molecule has 3 aromatic rings. The van der Waals surface area contributed by atoms with Gasteiger partial charge in [0.2, 0.25) is 0 Å². The van der Waals surface area contributed by atoms with Crippen molar-refractivity contribution in [1.82, 2.24) is 19.6 Å².